The van der Waals surface area contributed by atoms with E-state index in [0.29, 0.717) is 11.5 Å². The fraction of sp³-hybridized carbons (Fsp3) is 0.700. The normalized spacial score (nSPS) is 14.1. The molecular weight excluding hydrogens is 214 g/mol. The van der Waals surface area contributed by atoms with Crippen LogP contribution in [-0.2, 0) is 22.0 Å². The van der Waals surface area contributed by atoms with E-state index in [4.69, 9.17) is 9.63 Å². The number of aliphatic hydroxyl groups is 1. The summed E-state index contributed by atoms with van der Waals surface area (Å²) in [5, 5.41) is 12.5. The summed E-state index contributed by atoms with van der Waals surface area (Å²) >= 11 is 0. The van der Waals surface area contributed by atoms with E-state index in [9.17, 15) is 4.21 Å². The summed E-state index contributed by atoms with van der Waals surface area (Å²) in [6.45, 7) is 6.06. The summed E-state index contributed by atoms with van der Waals surface area (Å²) in [7, 11) is -1.07. The third-order valence-corrected chi connectivity index (χ3v) is 3.19. The number of aromatic nitrogens is 1. The molecule has 1 aromatic heterocycles. The van der Waals surface area contributed by atoms with Gasteiger partial charge in [0.15, 0.2) is 0 Å². The van der Waals surface area contributed by atoms with Crippen LogP contribution in [0.3, 0.4) is 0 Å². The van der Waals surface area contributed by atoms with Crippen molar-refractivity contribution in [1.82, 2.24) is 5.16 Å². The highest BCUT2D eigenvalue weighted by Gasteiger charge is 2.19. The van der Waals surface area contributed by atoms with E-state index in [-0.39, 0.29) is 17.8 Å². The van der Waals surface area contributed by atoms with E-state index < -0.39 is 10.8 Å². The average Bonchev–Trinajstić information content (AvgIpc) is 2.52. The van der Waals surface area contributed by atoms with Gasteiger partial charge in [-0.1, -0.05) is 25.9 Å². The number of aliphatic hydroxyl groups excluding tert-OH is 1. The van der Waals surface area contributed by atoms with Crippen LogP contribution in [0, 0.1) is 0 Å². The van der Waals surface area contributed by atoms with Gasteiger partial charge in [0.1, 0.15) is 5.76 Å². The maximum atomic E-state index is 11.3. The first-order valence-electron chi connectivity index (χ1n) is 4.85. The predicted octanol–water partition coefficient (Wildman–Crippen LogP) is 1.21. The largest absolute Gasteiger partial charge is 0.395 e. The van der Waals surface area contributed by atoms with Crippen LogP contribution in [0.15, 0.2) is 10.6 Å². The first kappa shape index (κ1) is 12.4. The lowest BCUT2D eigenvalue weighted by molar-refractivity contribution is 0.321. The third kappa shape index (κ3) is 3.76. The predicted molar refractivity (Wildman–Crippen MR) is 59.0 cm³/mol. The highest BCUT2D eigenvalue weighted by Crippen LogP contribution is 2.21. The van der Waals surface area contributed by atoms with Crippen LogP contribution < -0.4 is 0 Å². The van der Waals surface area contributed by atoms with Crippen LogP contribution in [0.2, 0.25) is 0 Å². The van der Waals surface area contributed by atoms with Gasteiger partial charge in [0.05, 0.1) is 18.1 Å². The van der Waals surface area contributed by atoms with Crippen LogP contribution >= 0.6 is 0 Å². The SMILES string of the molecule is CC(C)(C)c1cc(CS(=O)CCO)on1. The molecule has 0 aliphatic heterocycles. The lowest BCUT2D eigenvalue weighted by Crippen LogP contribution is -2.11. The summed E-state index contributed by atoms with van der Waals surface area (Å²) in [4.78, 5) is 0. The van der Waals surface area contributed by atoms with E-state index in [1.807, 2.05) is 26.8 Å². The lowest BCUT2D eigenvalue weighted by Gasteiger charge is -2.12. The van der Waals surface area contributed by atoms with Gasteiger partial charge >= 0.3 is 0 Å². The van der Waals surface area contributed by atoms with Crippen molar-refractivity contribution in [2.24, 2.45) is 0 Å². The third-order valence-electron chi connectivity index (χ3n) is 1.95. The Labute approximate surface area is 92.1 Å². The van der Waals surface area contributed by atoms with Crippen molar-refractivity contribution >= 4 is 10.8 Å². The molecule has 86 valence electrons. The van der Waals surface area contributed by atoms with Crippen LogP contribution in [0.4, 0.5) is 0 Å². The quantitative estimate of drug-likeness (QED) is 0.846. The topological polar surface area (TPSA) is 63.3 Å². The van der Waals surface area contributed by atoms with Crippen LogP contribution in [-0.4, -0.2) is 26.8 Å². The van der Waals surface area contributed by atoms with Crippen molar-refractivity contribution in [3.63, 3.8) is 0 Å². The first-order valence-corrected chi connectivity index (χ1v) is 6.34. The minimum absolute atomic E-state index is 0.0553. The minimum atomic E-state index is -1.07. The number of nitrogens with zero attached hydrogens (tertiary/aromatic N) is 1. The molecule has 0 aliphatic carbocycles. The maximum absolute atomic E-state index is 11.3. The highest BCUT2D eigenvalue weighted by atomic mass is 32.2. The summed E-state index contributed by atoms with van der Waals surface area (Å²) in [6, 6.07) is 1.83. The van der Waals surface area contributed by atoms with E-state index in [0.717, 1.165) is 5.69 Å². The summed E-state index contributed by atoms with van der Waals surface area (Å²) < 4.78 is 16.4. The average molecular weight is 231 g/mol. The van der Waals surface area contributed by atoms with Crippen molar-refractivity contribution in [3.8, 4) is 0 Å². The molecule has 4 nitrogen and oxygen atoms in total. The monoisotopic (exact) mass is 231 g/mol. The zero-order chi connectivity index (χ0) is 11.5. The van der Waals surface area contributed by atoms with E-state index in [2.05, 4.69) is 5.16 Å². The Bertz CT molecular complexity index is 341. The molecule has 0 amide bonds. The molecule has 0 radical (unpaired) electrons. The molecule has 15 heavy (non-hydrogen) atoms. The Morgan fingerprint density at radius 2 is 2.20 bits per heavy atom. The van der Waals surface area contributed by atoms with Gasteiger partial charge in [0.25, 0.3) is 0 Å². The molecule has 1 heterocycles. The molecule has 0 fully saturated rings. The Kier molecular flexibility index (Phi) is 4.04. The summed E-state index contributed by atoms with van der Waals surface area (Å²) in [6.07, 6.45) is 0. The van der Waals surface area contributed by atoms with Crippen molar-refractivity contribution in [3.05, 3.63) is 17.5 Å². The van der Waals surface area contributed by atoms with E-state index in [1.54, 1.807) is 0 Å². The van der Waals surface area contributed by atoms with Gasteiger partial charge in [-0.15, -0.1) is 0 Å². The number of rotatable bonds is 4. The summed E-state index contributed by atoms with van der Waals surface area (Å²) in [5.74, 6) is 1.22. The maximum Gasteiger partial charge on any atom is 0.149 e. The second-order valence-electron chi connectivity index (χ2n) is 4.44. The van der Waals surface area contributed by atoms with Gasteiger partial charge in [-0.05, 0) is 0 Å². The zero-order valence-electron chi connectivity index (χ0n) is 9.32. The molecule has 1 aromatic rings. The Morgan fingerprint density at radius 1 is 1.53 bits per heavy atom. The van der Waals surface area contributed by atoms with Crippen LogP contribution in [0.5, 0.6) is 0 Å². The fourth-order valence-electron chi connectivity index (χ4n) is 1.07. The van der Waals surface area contributed by atoms with Gasteiger partial charge in [-0.2, -0.15) is 0 Å². The van der Waals surface area contributed by atoms with Gasteiger partial charge in [0, 0.05) is 28.0 Å². The second-order valence-corrected chi connectivity index (χ2v) is 6.02. The lowest BCUT2D eigenvalue weighted by atomic mass is 9.92. The molecule has 0 saturated carbocycles. The number of hydrogen-bond acceptors (Lipinski definition) is 4. The van der Waals surface area contributed by atoms with Crippen molar-refractivity contribution < 1.29 is 13.8 Å². The molecule has 0 aromatic carbocycles. The molecule has 0 spiro atoms. The molecule has 0 aliphatic rings. The van der Waals surface area contributed by atoms with E-state index in [1.165, 1.54) is 0 Å². The molecule has 1 rings (SSSR count). The molecule has 1 N–H and O–H groups in total. The molecule has 5 heteroatoms. The highest BCUT2D eigenvalue weighted by molar-refractivity contribution is 7.84. The fourth-order valence-corrected chi connectivity index (χ4v) is 1.87. The van der Waals surface area contributed by atoms with Gasteiger partial charge in [-0.25, -0.2) is 0 Å². The van der Waals surface area contributed by atoms with Crippen LogP contribution in [0.1, 0.15) is 32.2 Å². The first-order chi connectivity index (χ1) is 6.93. The molecular formula is C10H17NO3S. The Hall–Kier alpha value is -0.680. The summed E-state index contributed by atoms with van der Waals surface area (Å²) in [5.41, 5.74) is 0.804. The number of hydrogen-bond donors (Lipinski definition) is 1. The van der Waals surface area contributed by atoms with Crippen molar-refractivity contribution in [1.29, 1.82) is 0 Å². The van der Waals surface area contributed by atoms with Crippen LogP contribution in [0.25, 0.3) is 0 Å². The second kappa shape index (κ2) is 4.90. The minimum Gasteiger partial charge on any atom is -0.395 e. The van der Waals surface area contributed by atoms with Crippen molar-refractivity contribution in [2.75, 3.05) is 12.4 Å². The Morgan fingerprint density at radius 3 is 2.67 bits per heavy atom. The van der Waals surface area contributed by atoms with Gasteiger partial charge in [-0.3, -0.25) is 4.21 Å². The zero-order valence-corrected chi connectivity index (χ0v) is 10.1. The van der Waals surface area contributed by atoms with Gasteiger partial charge in [0.2, 0.25) is 0 Å². The molecule has 1 atom stereocenters. The van der Waals surface area contributed by atoms with Gasteiger partial charge < -0.3 is 9.63 Å². The molecule has 1 unspecified atom stereocenters. The molecule has 0 saturated heterocycles. The van der Waals surface area contributed by atoms with Crippen molar-refractivity contribution in [2.45, 2.75) is 31.9 Å². The smallest absolute Gasteiger partial charge is 0.149 e. The van der Waals surface area contributed by atoms with E-state index >= 15 is 0 Å². The Balaban J connectivity index is 2.65. The standard InChI is InChI=1S/C10H17NO3S/c1-10(2,3)9-6-8(14-11-9)7-15(13)5-4-12/h6,12H,4-5,7H2,1-3H3. The molecule has 0 bridgehead atoms.